The highest BCUT2D eigenvalue weighted by atomic mass is 15.2. The number of H-pyrrole nitrogens is 1. The number of rotatable bonds is 4. The van der Waals surface area contributed by atoms with E-state index in [0.717, 1.165) is 17.9 Å². The van der Waals surface area contributed by atoms with Crippen molar-refractivity contribution in [3.8, 4) is 0 Å². The van der Waals surface area contributed by atoms with Crippen molar-refractivity contribution >= 4 is 10.9 Å². The van der Waals surface area contributed by atoms with E-state index in [-0.39, 0.29) is 0 Å². The molecule has 0 aliphatic heterocycles. The van der Waals surface area contributed by atoms with Gasteiger partial charge in [0.15, 0.2) is 0 Å². The first kappa shape index (κ1) is 10.9. The third-order valence-corrected chi connectivity index (χ3v) is 2.81. The minimum atomic E-state index is 0.677. The first-order valence-electron chi connectivity index (χ1n) is 5.81. The van der Waals surface area contributed by atoms with Crippen molar-refractivity contribution in [3.05, 3.63) is 54.2 Å². The van der Waals surface area contributed by atoms with E-state index in [0.29, 0.717) is 6.54 Å². The molecule has 0 atom stereocenters. The number of hydrogen-bond acceptors (Lipinski definition) is 4. The summed E-state index contributed by atoms with van der Waals surface area (Å²) in [5.41, 5.74) is 2.26. The van der Waals surface area contributed by atoms with Gasteiger partial charge >= 0.3 is 0 Å². The predicted molar refractivity (Wildman–Crippen MR) is 68.7 cm³/mol. The molecule has 0 bridgehead atoms. The SMILES string of the molecule is c1ccc2c(CNCc3ncn[nH]3)ccnc2c1. The molecule has 0 radical (unpaired) electrons. The molecule has 2 aromatic heterocycles. The van der Waals surface area contributed by atoms with Crippen LogP contribution in [0.5, 0.6) is 0 Å². The van der Waals surface area contributed by atoms with Crippen LogP contribution in [-0.4, -0.2) is 20.2 Å². The van der Waals surface area contributed by atoms with Crippen molar-refractivity contribution in [3.63, 3.8) is 0 Å². The number of para-hydroxylation sites is 1. The maximum atomic E-state index is 4.34. The highest BCUT2D eigenvalue weighted by molar-refractivity contribution is 5.81. The Hall–Kier alpha value is -2.27. The van der Waals surface area contributed by atoms with Gasteiger partial charge in [0, 0.05) is 18.1 Å². The maximum Gasteiger partial charge on any atom is 0.138 e. The van der Waals surface area contributed by atoms with Crippen LogP contribution in [0.2, 0.25) is 0 Å². The van der Waals surface area contributed by atoms with Crippen molar-refractivity contribution in [2.24, 2.45) is 0 Å². The summed E-state index contributed by atoms with van der Waals surface area (Å²) >= 11 is 0. The molecular formula is C13H13N5. The summed E-state index contributed by atoms with van der Waals surface area (Å²) in [6.07, 6.45) is 3.35. The smallest absolute Gasteiger partial charge is 0.138 e. The average Bonchev–Trinajstić information content (AvgIpc) is 2.92. The summed E-state index contributed by atoms with van der Waals surface area (Å²) in [6.45, 7) is 1.46. The Balaban J connectivity index is 1.74. The number of aromatic nitrogens is 4. The lowest BCUT2D eigenvalue weighted by molar-refractivity contribution is 0.667. The highest BCUT2D eigenvalue weighted by Gasteiger charge is 2.01. The van der Waals surface area contributed by atoms with Crippen molar-refractivity contribution < 1.29 is 0 Å². The minimum absolute atomic E-state index is 0.677. The van der Waals surface area contributed by atoms with Crippen LogP contribution in [0.15, 0.2) is 42.9 Å². The molecule has 0 saturated heterocycles. The number of fused-ring (bicyclic) bond motifs is 1. The molecule has 0 fully saturated rings. The second kappa shape index (κ2) is 4.93. The van der Waals surface area contributed by atoms with E-state index < -0.39 is 0 Å². The topological polar surface area (TPSA) is 66.5 Å². The number of nitrogens with zero attached hydrogens (tertiary/aromatic N) is 3. The Morgan fingerprint density at radius 3 is 2.89 bits per heavy atom. The Morgan fingerprint density at radius 2 is 2.00 bits per heavy atom. The zero-order valence-corrected chi connectivity index (χ0v) is 9.80. The summed E-state index contributed by atoms with van der Waals surface area (Å²) in [6, 6.07) is 10.2. The fourth-order valence-corrected chi connectivity index (χ4v) is 1.94. The van der Waals surface area contributed by atoms with Crippen molar-refractivity contribution in [2.75, 3.05) is 0 Å². The van der Waals surface area contributed by atoms with Crippen LogP contribution in [0.4, 0.5) is 0 Å². The van der Waals surface area contributed by atoms with Gasteiger partial charge in [-0.1, -0.05) is 18.2 Å². The van der Waals surface area contributed by atoms with E-state index in [1.807, 2.05) is 30.5 Å². The molecule has 0 amide bonds. The van der Waals surface area contributed by atoms with Gasteiger partial charge in [-0.25, -0.2) is 4.98 Å². The molecule has 0 aliphatic rings. The lowest BCUT2D eigenvalue weighted by atomic mass is 10.1. The van der Waals surface area contributed by atoms with Crippen molar-refractivity contribution in [1.82, 2.24) is 25.5 Å². The molecule has 0 unspecified atom stereocenters. The molecular weight excluding hydrogens is 226 g/mol. The van der Waals surface area contributed by atoms with Gasteiger partial charge in [-0.05, 0) is 17.7 Å². The third-order valence-electron chi connectivity index (χ3n) is 2.81. The first-order chi connectivity index (χ1) is 8.93. The fourth-order valence-electron chi connectivity index (χ4n) is 1.94. The highest BCUT2D eigenvalue weighted by Crippen LogP contribution is 2.15. The number of nitrogens with one attached hydrogen (secondary N) is 2. The molecule has 5 nitrogen and oxygen atoms in total. The predicted octanol–water partition coefficient (Wildman–Crippen LogP) is 1.64. The molecule has 5 heteroatoms. The summed E-state index contributed by atoms with van der Waals surface area (Å²) in [5, 5.41) is 11.2. The van der Waals surface area contributed by atoms with E-state index >= 15 is 0 Å². The summed E-state index contributed by atoms with van der Waals surface area (Å²) < 4.78 is 0. The van der Waals surface area contributed by atoms with E-state index in [9.17, 15) is 0 Å². The van der Waals surface area contributed by atoms with Crippen LogP contribution < -0.4 is 5.32 Å². The van der Waals surface area contributed by atoms with Gasteiger partial charge < -0.3 is 5.32 Å². The molecule has 3 aromatic rings. The summed E-state index contributed by atoms with van der Waals surface area (Å²) in [4.78, 5) is 8.41. The average molecular weight is 239 g/mol. The first-order valence-corrected chi connectivity index (χ1v) is 5.81. The number of pyridine rings is 1. The number of benzene rings is 1. The van der Waals surface area contributed by atoms with Gasteiger partial charge in [-0.3, -0.25) is 10.1 Å². The van der Waals surface area contributed by atoms with E-state index in [2.05, 4.69) is 31.5 Å². The van der Waals surface area contributed by atoms with E-state index in [4.69, 9.17) is 0 Å². The van der Waals surface area contributed by atoms with Gasteiger partial charge in [0.2, 0.25) is 0 Å². The van der Waals surface area contributed by atoms with Crippen LogP contribution in [-0.2, 0) is 13.1 Å². The third kappa shape index (κ3) is 2.21. The van der Waals surface area contributed by atoms with Gasteiger partial charge in [-0.2, -0.15) is 5.10 Å². The molecule has 0 spiro atoms. The molecule has 0 saturated carbocycles. The molecule has 0 aliphatic carbocycles. The standard InChI is InChI=1S/C13H13N5/c1-2-4-12-11(3-1)10(5-6-15-12)7-14-8-13-16-9-17-18-13/h1-6,9,14H,7-8H2,(H,16,17,18). The monoisotopic (exact) mass is 239 g/mol. The Morgan fingerprint density at radius 1 is 1.06 bits per heavy atom. The van der Waals surface area contributed by atoms with Crippen LogP contribution >= 0.6 is 0 Å². The Labute approximate surface area is 104 Å². The second-order valence-electron chi connectivity index (χ2n) is 4.02. The van der Waals surface area contributed by atoms with Crippen molar-refractivity contribution in [1.29, 1.82) is 0 Å². The molecule has 3 rings (SSSR count). The normalized spacial score (nSPS) is 10.9. The van der Waals surface area contributed by atoms with Crippen LogP contribution in [0.1, 0.15) is 11.4 Å². The molecule has 2 N–H and O–H groups in total. The number of hydrogen-bond donors (Lipinski definition) is 2. The summed E-state index contributed by atoms with van der Waals surface area (Å²) in [5.74, 6) is 0.841. The molecule has 90 valence electrons. The van der Waals surface area contributed by atoms with Gasteiger partial charge in [0.1, 0.15) is 12.2 Å². The number of aromatic amines is 1. The Bertz CT molecular complexity index is 627. The molecule has 1 aromatic carbocycles. The largest absolute Gasteiger partial charge is 0.306 e. The maximum absolute atomic E-state index is 4.34. The minimum Gasteiger partial charge on any atom is -0.306 e. The quantitative estimate of drug-likeness (QED) is 0.726. The van der Waals surface area contributed by atoms with Crippen molar-refractivity contribution in [2.45, 2.75) is 13.1 Å². The molecule has 2 heterocycles. The zero-order valence-electron chi connectivity index (χ0n) is 9.80. The van der Waals surface area contributed by atoms with Gasteiger partial charge in [-0.15, -0.1) is 0 Å². The fraction of sp³-hybridized carbons (Fsp3) is 0.154. The van der Waals surface area contributed by atoms with E-state index in [1.165, 1.54) is 17.3 Å². The van der Waals surface area contributed by atoms with Gasteiger partial charge in [0.25, 0.3) is 0 Å². The Kier molecular flexibility index (Phi) is 2.97. The second-order valence-corrected chi connectivity index (χ2v) is 4.02. The van der Waals surface area contributed by atoms with Crippen LogP contribution in [0.3, 0.4) is 0 Å². The van der Waals surface area contributed by atoms with Gasteiger partial charge in [0.05, 0.1) is 12.1 Å². The van der Waals surface area contributed by atoms with Crippen LogP contribution in [0.25, 0.3) is 10.9 Å². The summed E-state index contributed by atoms with van der Waals surface area (Å²) in [7, 11) is 0. The zero-order chi connectivity index (χ0) is 12.2. The lowest BCUT2D eigenvalue weighted by Gasteiger charge is -2.06. The lowest BCUT2D eigenvalue weighted by Crippen LogP contribution is -2.14. The van der Waals surface area contributed by atoms with E-state index in [1.54, 1.807) is 0 Å². The molecule has 18 heavy (non-hydrogen) atoms. The van der Waals surface area contributed by atoms with Crippen LogP contribution in [0, 0.1) is 0 Å².